The summed E-state index contributed by atoms with van der Waals surface area (Å²) in [4.78, 5) is 14.5. The monoisotopic (exact) mass is 409 g/mol. The van der Waals surface area contributed by atoms with E-state index in [1.165, 1.54) is 10.4 Å². The van der Waals surface area contributed by atoms with Crippen molar-refractivity contribution in [1.29, 1.82) is 0 Å². The fourth-order valence-corrected chi connectivity index (χ4v) is 4.38. The third-order valence-corrected chi connectivity index (χ3v) is 6.41. The van der Waals surface area contributed by atoms with Crippen molar-refractivity contribution in [2.75, 3.05) is 37.4 Å². The molecule has 0 aliphatic rings. The molecule has 146 valence electrons. The van der Waals surface area contributed by atoms with Crippen molar-refractivity contribution in [3.8, 4) is 0 Å². The number of anilines is 2. The van der Waals surface area contributed by atoms with Gasteiger partial charge in [-0.1, -0.05) is 31.5 Å². The van der Waals surface area contributed by atoms with Gasteiger partial charge < -0.3 is 10.2 Å². The zero-order valence-electron chi connectivity index (χ0n) is 15.9. The smallest absolute Gasteiger partial charge is 0.255 e. The van der Waals surface area contributed by atoms with Gasteiger partial charge in [-0.25, -0.2) is 8.42 Å². The van der Waals surface area contributed by atoms with E-state index in [9.17, 15) is 13.2 Å². The highest BCUT2D eigenvalue weighted by Crippen LogP contribution is 2.29. The molecule has 0 aromatic heterocycles. The molecule has 2 aromatic rings. The maximum Gasteiger partial charge on any atom is 0.255 e. The minimum absolute atomic E-state index is 0.137. The third kappa shape index (κ3) is 4.80. The molecule has 0 heterocycles. The molecule has 0 bridgehead atoms. The molecule has 27 heavy (non-hydrogen) atoms. The zero-order valence-corrected chi connectivity index (χ0v) is 17.4. The first-order valence-electron chi connectivity index (χ1n) is 8.59. The van der Waals surface area contributed by atoms with E-state index in [2.05, 4.69) is 5.32 Å². The Balaban J connectivity index is 2.46. The summed E-state index contributed by atoms with van der Waals surface area (Å²) in [5.74, 6) is -0.363. The van der Waals surface area contributed by atoms with Crippen LogP contribution in [0.15, 0.2) is 47.4 Å². The second-order valence-electron chi connectivity index (χ2n) is 6.13. The number of hydrogen-bond acceptors (Lipinski definition) is 4. The molecular formula is C19H24ClN3O3S. The lowest BCUT2D eigenvalue weighted by molar-refractivity contribution is 0.102. The van der Waals surface area contributed by atoms with E-state index in [1.54, 1.807) is 55.1 Å². The summed E-state index contributed by atoms with van der Waals surface area (Å²) in [6.45, 7) is 4.32. The molecule has 0 spiro atoms. The first-order chi connectivity index (χ1) is 12.7. The average Bonchev–Trinajstić information content (AvgIpc) is 2.62. The maximum absolute atomic E-state index is 12.8. The number of rotatable bonds is 7. The van der Waals surface area contributed by atoms with E-state index in [-0.39, 0.29) is 10.8 Å². The summed E-state index contributed by atoms with van der Waals surface area (Å²) in [6.07, 6.45) is 0. The molecule has 0 radical (unpaired) electrons. The zero-order chi connectivity index (χ0) is 20.2. The summed E-state index contributed by atoms with van der Waals surface area (Å²) in [5.41, 5.74) is 1.51. The molecule has 0 aliphatic carbocycles. The van der Waals surface area contributed by atoms with Crippen LogP contribution < -0.4 is 10.2 Å². The van der Waals surface area contributed by atoms with Crippen LogP contribution in [-0.4, -0.2) is 45.8 Å². The highest BCUT2D eigenvalue weighted by molar-refractivity contribution is 7.89. The summed E-state index contributed by atoms with van der Waals surface area (Å²) in [7, 11) is 0.0138. The predicted octanol–water partition coefficient (Wildman–Crippen LogP) is 3.69. The highest BCUT2D eigenvalue weighted by atomic mass is 35.5. The van der Waals surface area contributed by atoms with Crippen molar-refractivity contribution in [2.24, 2.45) is 0 Å². The van der Waals surface area contributed by atoms with Gasteiger partial charge in [0.05, 0.1) is 16.3 Å². The highest BCUT2D eigenvalue weighted by Gasteiger charge is 2.23. The van der Waals surface area contributed by atoms with Gasteiger partial charge in [0.15, 0.2) is 0 Å². The van der Waals surface area contributed by atoms with E-state index in [0.717, 1.165) is 0 Å². The van der Waals surface area contributed by atoms with Gasteiger partial charge in [0.25, 0.3) is 5.91 Å². The van der Waals surface area contributed by atoms with Gasteiger partial charge >= 0.3 is 0 Å². The number of halogens is 1. The summed E-state index contributed by atoms with van der Waals surface area (Å²) >= 11 is 5.95. The Morgan fingerprint density at radius 2 is 1.74 bits per heavy atom. The average molecular weight is 410 g/mol. The first kappa shape index (κ1) is 21.2. The Kier molecular flexibility index (Phi) is 6.86. The Morgan fingerprint density at radius 1 is 1.07 bits per heavy atom. The molecule has 0 aliphatic heterocycles. The van der Waals surface area contributed by atoms with E-state index < -0.39 is 10.0 Å². The number of sulfonamides is 1. The van der Waals surface area contributed by atoms with Crippen LogP contribution in [0.3, 0.4) is 0 Å². The van der Waals surface area contributed by atoms with Crippen LogP contribution in [-0.2, 0) is 10.0 Å². The van der Waals surface area contributed by atoms with Gasteiger partial charge in [-0.2, -0.15) is 4.31 Å². The number of carbonyl (C=O) groups excluding carboxylic acids is 1. The van der Waals surface area contributed by atoms with Crippen LogP contribution in [0, 0.1) is 0 Å². The van der Waals surface area contributed by atoms with Crippen LogP contribution in [0.1, 0.15) is 24.2 Å². The van der Waals surface area contributed by atoms with Crippen molar-refractivity contribution < 1.29 is 13.2 Å². The van der Waals surface area contributed by atoms with Crippen molar-refractivity contribution >= 4 is 38.9 Å². The summed E-state index contributed by atoms with van der Waals surface area (Å²) < 4.78 is 27.0. The molecule has 2 rings (SSSR count). The third-order valence-electron chi connectivity index (χ3n) is 4.13. The van der Waals surface area contributed by atoms with Gasteiger partial charge in [0, 0.05) is 37.8 Å². The van der Waals surface area contributed by atoms with Gasteiger partial charge in [0.1, 0.15) is 0 Å². The topological polar surface area (TPSA) is 69.7 Å². The van der Waals surface area contributed by atoms with Crippen LogP contribution in [0.25, 0.3) is 0 Å². The lowest BCUT2D eigenvalue weighted by Crippen LogP contribution is -2.30. The SMILES string of the molecule is CCN(CC)S(=O)(=O)c1ccc(N(C)C)c(NC(=O)c2cccc(Cl)c2)c1. The fraction of sp³-hybridized carbons (Fsp3) is 0.316. The number of carbonyl (C=O) groups is 1. The van der Waals surface area contributed by atoms with Crippen molar-refractivity contribution in [3.63, 3.8) is 0 Å². The van der Waals surface area contributed by atoms with E-state index >= 15 is 0 Å². The fourth-order valence-electron chi connectivity index (χ4n) is 2.70. The molecular weight excluding hydrogens is 386 g/mol. The largest absolute Gasteiger partial charge is 0.376 e. The van der Waals surface area contributed by atoms with Crippen LogP contribution in [0.5, 0.6) is 0 Å². The van der Waals surface area contributed by atoms with Gasteiger partial charge in [-0.05, 0) is 36.4 Å². The number of nitrogens with one attached hydrogen (secondary N) is 1. The molecule has 8 heteroatoms. The predicted molar refractivity (Wildman–Crippen MR) is 110 cm³/mol. The molecule has 0 atom stereocenters. The number of benzene rings is 2. The lowest BCUT2D eigenvalue weighted by Gasteiger charge is -2.22. The van der Waals surface area contributed by atoms with Crippen LogP contribution in [0.4, 0.5) is 11.4 Å². The molecule has 2 aromatic carbocycles. The molecule has 1 N–H and O–H groups in total. The summed E-state index contributed by atoms with van der Waals surface area (Å²) in [5, 5.41) is 3.25. The Bertz CT molecular complexity index is 926. The quantitative estimate of drug-likeness (QED) is 0.757. The summed E-state index contributed by atoms with van der Waals surface area (Å²) in [6, 6.07) is 11.3. The first-order valence-corrected chi connectivity index (χ1v) is 10.4. The van der Waals surface area contributed by atoms with Crippen molar-refractivity contribution in [2.45, 2.75) is 18.7 Å². The second kappa shape index (κ2) is 8.73. The molecule has 1 amide bonds. The van der Waals surface area contributed by atoms with Crippen LogP contribution >= 0.6 is 11.6 Å². The van der Waals surface area contributed by atoms with Crippen LogP contribution in [0.2, 0.25) is 5.02 Å². The Morgan fingerprint density at radius 3 is 2.30 bits per heavy atom. The van der Waals surface area contributed by atoms with Gasteiger partial charge in [0.2, 0.25) is 10.0 Å². The number of hydrogen-bond donors (Lipinski definition) is 1. The van der Waals surface area contributed by atoms with E-state index in [0.29, 0.717) is 35.1 Å². The molecule has 0 fully saturated rings. The number of nitrogens with zero attached hydrogens (tertiary/aromatic N) is 2. The van der Waals surface area contributed by atoms with Gasteiger partial charge in [-0.15, -0.1) is 0 Å². The Hall–Kier alpha value is -2.09. The second-order valence-corrected chi connectivity index (χ2v) is 8.50. The van der Waals surface area contributed by atoms with E-state index in [4.69, 9.17) is 11.6 Å². The Labute approximate surface area is 165 Å². The minimum atomic E-state index is -3.63. The lowest BCUT2D eigenvalue weighted by atomic mass is 10.2. The maximum atomic E-state index is 12.8. The minimum Gasteiger partial charge on any atom is -0.376 e. The molecule has 6 nitrogen and oxygen atoms in total. The molecule has 0 unspecified atom stereocenters. The molecule has 0 saturated carbocycles. The normalized spacial score (nSPS) is 11.5. The standard InChI is InChI=1S/C19H24ClN3O3S/c1-5-23(6-2)27(25,26)16-10-11-18(22(3)4)17(13-16)21-19(24)14-8-7-9-15(20)12-14/h7-13H,5-6H2,1-4H3,(H,21,24). The molecule has 0 saturated heterocycles. The van der Waals surface area contributed by atoms with Crippen molar-refractivity contribution in [1.82, 2.24) is 4.31 Å². The van der Waals surface area contributed by atoms with Gasteiger partial charge in [-0.3, -0.25) is 4.79 Å². The van der Waals surface area contributed by atoms with E-state index in [1.807, 2.05) is 14.1 Å². The van der Waals surface area contributed by atoms with Crippen molar-refractivity contribution in [3.05, 3.63) is 53.1 Å². The number of amides is 1.